The Morgan fingerprint density at radius 1 is 1.35 bits per heavy atom. The number of rotatable bonds is 6. The third-order valence-corrected chi connectivity index (χ3v) is 2.49. The zero-order chi connectivity index (χ0) is 12.7. The highest BCUT2D eigenvalue weighted by molar-refractivity contribution is 6.18. The smallest absolute Gasteiger partial charge is 0.224 e. The highest BCUT2D eigenvalue weighted by Gasteiger charge is 2.08. The van der Waals surface area contributed by atoms with Gasteiger partial charge in [-0.05, 0) is 18.6 Å². The Morgan fingerprint density at radius 3 is 2.71 bits per heavy atom. The van der Waals surface area contributed by atoms with Crippen LogP contribution in [0, 0.1) is 0 Å². The molecule has 1 rings (SSSR count). The summed E-state index contributed by atoms with van der Waals surface area (Å²) in [5.41, 5.74) is 0.603. The fraction of sp³-hybridized carbons (Fsp3) is 0.417. The van der Waals surface area contributed by atoms with Crippen LogP contribution in [0.25, 0.3) is 0 Å². The third-order valence-electron chi connectivity index (χ3n) is 2.22. The Hall–Kier alpha value is -1.42. The van der Waals surface area contributed by atoms with Gasteiger partial charge >= 0.3 is 0 Å². The molecule has 0 radical (unpaired) electrons. The van der Waals surface area contributed by atoms with Gasteiger partial charge in [0.15, 0.2) is 0 Å². The number of hydrogen-bond acceptors (Lipinski definition) is 3. The van der Waals surface area contributed by atoms with Crippen LogP contribution in [0.4, 0.5) is 5.69 Å². The Labute approximate surface area is 106 Å². The number of nitrogens with one attached hydrogen (secondary N) is 1. The SMILES string of the molecule is COc1ccc(OC)c(NC(=O)CCCCl)c1. The van der Waals surface area contributed by atoms with Gasteiger partial charge in [0.05, 0.1) is 19.9 Å². The van der Waals surface area contributed by atoms with Crippen molar-refractivity contribution in [2.45, 2.75) is 12.8 Å². The summed E-state index contributed by atoms with van der Waals surface area (Å²) in [6.45, 7) is 0. The molecule has 94 valence electrons. The van der Waals surface area contributed by atoms with Crippen molar-refractivity contribution in [2.75, 3.05) is 25.4 Å². The molecule has 0 aliphatic rings. The highest BCUT2D eigenvalue weighted by Crippen LogP contribution is 2.28. The number of carbonyl (C=O) groups excluding carboxylic acids is 1. The second kappa shape index (κ2) is 7.01. The van der Waals surface area contributed by atoms with Gasteiger partial charge < -0.3 is 14.8 Å². The lowest BCUT2D eigenvalue weighted by Gasteiger charge is -2.11. The summed E-state index contributed by atoms with van der Waals surface area (Å²) in [5, 5.41) is 2.77. The van der Waals surface area contributed by atoms with Crippen LogP contribution in [0.3, 0.4) is 0 Å². The highest BCUT2D eigenvalue weighted by atomic mass is 35.5. The zero-order valence-electron chi connectivity index (χ0n) is 9.96. The van der Waals surface area contributed by atoms with Gasteiger partial charge in [0.25, 0.3) is 0 Å². The van der Waals surface area contributed by atoms with E-state index in [1.165, 1.54) is 0 Å². The largest absolute Gasteiger partial charge is 0.497 e. The van der Waals surface area contributed by atoms with E-state index in [-0.39, 0.29) is 5.91 Å². The van der Waals surface area contributed by atoms with Crippen molar-refractivity contribution in [3.63, 3.8) is 0 Å². The van der Waals surface area contributed by atoms with E-state index in [1.54, 1.807) is 32.4 Å². The van der Waals surface area contributed by atoms with Gasteiger partial charge in [-0.1, -0.05) is 0 Å². The van der Waals surface area contributed by atoms with Crippen molar-refractivity contribution >= 4 is 23.2 Å². The monoisotopic (exact) mass is 257 g/mol. The van der Waals surface area contributed by atoms with Crippen LogP contribution < -0.4 is 14.8 Å². The maximum atomic E-state index is 11.6. The van der Waals surface area contributed by atoms with Crippen molar-refractivity contribution in [3.05, 3.63) is 18.2 Å². The second-order valence-corrected chi connectivity index (χ2v) is 3.78. The average molecular weight is 258 g/mol. The minimum absolute atomic E-state index is 0.0859. The molecule has 1 aromatic carbocycles. The first-order valence-electron chi connectivity index (χ1n) is 5.29. The van der Waals surface area contributed by atoms with Gasteiger partial charge in [-0.3, -0.25) is 4.79 Å². The van der Waals surface area contributed by atoms with Crippen molar-refractivity contribution in [2.24, 2.45) is 0 Å². The van der Waals surface area contributed by atoms with Crippen molar-refractivity contribution in [3.8, 4) is 11.5 Å². The maximum absolute atomic E-state index is 11.6. The van der Waals surface area contributed by atoms with E-state index < -0.39 is 0 Å². The lowest BCUT2D eigenvalue weighted by Crippen LogP contribution is -2.12. The first-order valence-corrected chi connectivity index (χ1v) is 5.82. The quantitative estimate of drug-likeness (QED) is 0.797. The number of ether oxygens (including phenoxy) is 2. The summed E-state index contributed by atoms with van der Waals surface area (Å²) in [4.78, 5) is 11.6. The third kappa shape index (κ3) is 4.15. The number of hydrogen-bond donors (Lipinski definition) is 1. The number of amides is 1. The number of carbonyl (C=O) groups is 1. The molecule has 1 amide bonds. The van der Waals surface area contributed by atoms with Gasteiger partial charge in [-0.2, -0.15) is 0 Å². The molecule has 0 aliphatic carbocycles. The lowest BCUT2D eigenvalue weighted by atomic mass is 10.2. The van der Waals surface area contributed by atoms with E-state index in [4.69, 9.17) is 21.1 Å². The fourth-order valence-corrected chi connectivity index (χ4v) is 1.49. The van der Waals surface area contributed by atoms with E-state index in [2.05, 4.69) is 5.32 Å². The normalized spacial score (nSPS) is 9.82. The molecule has 4 nitrogen and oxygen atoms in total. The number of benzene rings is 1. The van der Waals surface area contributed by atoms with E-state index in [9.17, 15) is 4.79 Å². The molecule has 5 heteroatoms. The minimum atomic E-state index is -0.0859. The van der Waals surface area contributed by atoms with Crippen molar-refractivity contribution in [1.82, 2.24) is 0 Å². The molecule has 0 unspecified atom stereocenters. The Bertz CT molecular complexity index is 382. The second-order valence-electron chi connectivity index (χ2n) is 3.41. The fourth-order valence-electron chi connectivity index (χ4n) is 1.35. The van der Waals surface area contributed by atoms with Gasteiger partial charge in [0.1, 0.15) is 11.5 Å². The molecule has 0 fully saturated rings. The van der Waals surface area contributed by atoms with E-state index in [1.807, 2.05) is 0 Å². The summed E-state index contributed by atoms with van der Waals surface area (Å²) in [5.74, 6) is 1.66. The molecule has 0 saturated carbocycles. The molecule has 0 saturated heterocycles. The van der Waals surface area contributed by atoms with Crippen LogP contribution in [-0.2, 0) is 4.79 Å². The summed E-state index contributed by atoms with van der Waals surface area (Å²) in [6.07, 6.45) is 1.05. The molecule has 0 aromatic heterocycles. The van der Waals surface area contributed by atoms with Crippen molar-refractivity contribution in [1.29, 1.82) is 0 Å². The Balaban J connectivity index is 2.76. The molecular weight excluding hydrogens is 242 g/mol. The number of anilines is 1. The van der Waals surface area contributed by atoms with Gasteiger partial charge in [0, 0.05) is 18.4 Å². The van der Waals surface area contributed by atoms with Crippen LogP contribution in [-0.4, -0.2) is 26.0 Å². The van der Waals surface area contributed by atoms with Crippen LogP contribution in [0.2, 0.25) is 0 Å². The predicted molar refractivity (Wildman–Crippen MR) is 68.1 cm³/mol. The van der Waals surface area contributed by atoms with Crippen LogP contribution in [0.1, 0.15) is 12.8 Å². The predicted octanol–water partition coefficient (Wildman–Crippen LogP) is 2.66. The van der Waals surface area contributed by atoms with Crippen LogP contribution in [0.15, 0.2) is 18.2 Å². The van der Waals surface area contributed by atoms with E-state index in [0.29, 0.717) is 35.9 Å². The number of methoxy groups -OCH3 is 2. The number of alkyl halides is 1. The molecule has 0 aliphatic heterocycles. The maximum Gasteiger partial charge on any atom is 0.224 e. The van der Waals surface area contributed by atoms with Gasteiger partial charge in [0.2, 0.25) is 5.91 Å². The summed E-state index contributed by atoms with van der Waals surface area (Å²) >= 11 is 5.53. The Kier molecular flexibility index (Phi) is 5.63. The minimum Gasteiger partial charge on any atom is -0.497 e. The lowest BCUT2D eigenvalue weighted by molar-refractivity contribution is -0.116. The standard InChI is InChI=1S/C12H16ClNO3/c1-16-9-5-6-11(17-2)10(8-9)14-12(15)4-3-7-13/h5-6,8H,3-4,7H2,1-2H3,(H,14,15). The number of halogens is 1. The molecule has 0 heterocycles. The average Bonchev–Trinajstić information content (AvgIpc) is 2.36. The first-order chi connectivity index (χ1) is 8.21. The molecule has 1 N–H and O–H groups in total. The van der Waals surface area contributed by atoms with E-state index >= 15 is 0 Å². The van der Waals surface area contributed by atoms with Crippen molar-refractivity contribution < 1.29 is 14.3 Å². The summed E-state index contributed by atoms with van der Waals surface area (Å²) in [7, 11) is 3.12. The molecule has 0 atom stereocenters. The summed E-state index contributed by atoms with van der Waals surface area (Å²) < 4.78 is 10.2. The van der Waals surface area contributed by atoms with Crippen LogP contribution in [0.5, 0.6) is 11.5 Å². The van der Waals surface area contributed by atoms with E-state index in [0.717, 1.165) is 0 Å². The molecule has 17 heavy (non-hydrogen) atoms. The van der Waals surface area contributed by atoms with Gasteiger partial charge in [-0.15, -0.1) is 11.6 Å². The molecule has 1 aromatic rings. The molecule has 0 spiro atoms. The topological polar surface area (TPSA) is 47.6 Å². The van der Waals surface area contributed by atoms with Crippen LogP contribution >= 0.6 is 11.6 Å². The first kappa shape index (κ1) is 13.6. The summed E-state index contributed by atoms with van der Waals surface area (Å²) in [6, 6.07) is 5.24. The molecular formula is C12H16ClNO3. The molecule has 0 bridgehead atoms. The zero-order valence-corrected chi connectivity index (χ0v) is 10.7. The van der Waals surface area contributed by atoms with Gasteiger partial charge in [-0.25, -0.2) is 0 Å². The Morgan fingerprint density at radius 2 is 2.12 bits per heavy atom.